The van der Waals surface area contributed by atoms with Crippen molar-refractivity contribution < 1.29 is 19.4 Å². The predicted octanol–water partition coefficient (Wildman–Crippen LogP) is 2.89. The Balaban J connectivity index is 1.68. The van der Waals surface area contributed by atoms with Gasteiger partial charge in [-0.2, -0.15) is 0 Å². The number of methoxy groups -OCH3 is 1. The van der Waals surface area contributed by atoms with Gasteiger partial charge in [-0.1, -0.05) is 18.2 Å². The molecule has 0 bridgehead atoms. The lowest BCUT2D eigenvalue weighted by atomic mass is 9.96. The van der Waals surface area contributed by atoms with Crippen molar-refractivity contribution in [1.82, 2.24) is 4.90 Å². The van der Waals surface area contributed by atoms with E-state index >= 15 is 0 Å². The predicted molar refractivity (Wildman–Crippen MR) is 98.4 cm³/mol. The van der Waals surface area contributed by atoms with Crippen LogP contribution >= 0.6 is 0 Å². The Bertz CT molecular complexity index is 792. The van der Waals surface area contributed by atoms with Crippen molar-refractivity contribution in [3.8, 4) is 11.5 Å². The maximum Gasteiger partial charge on any atom is 0.257 e. The first-order valence-electron chi connectivity index (χ1n) is 8.60. The molecule has 1 heterocycles. The molecule has 1 unspecified atom stereocenters. The number of carbonyl (C=O) groups excluding carboxylic acids is 2. The summed E-state index contributed by atoms with van der Waals surface area (Å²) >= 11 is 0. The molecule has 26 heavy (non-hydrogen) atoms. The number of rotatable bonds is 4. The van der Waals surface area contributed by atoms with E-state index in [2.05, 4.69) is 5.32 Å². The zero-order valence-corrected chi connectivity index (χ0v) is 14.6. The molecule has 0 radical (unpaired) electrons. The molecule has 1 saturated heterocycles. The number of carbonyl (C=O) groups is 2. The zero-order valence-electron chi connectivity index (χ0n) is 14.6. The smallest absolute Gasteiger partial charge is 0.257 e. The lowest BCUT2D eigenvalue weighted by molar-refractivity contribution is -0.121. The molecule has 2 N–H and O–H groups in total. The van der Waals surface area contributed by atoms with Crippen LogP contribution in [0.25, 0.3) is 0 Å². The highest BCUT2D eigenvalue weighted by molar-refractivity contribution is 5.98. The summed E-state index contributed by atoms with van der Waals surface area (Å²) in [6.07, 6.45) is 1.48. The van der Waals surface area contributed by atoms with Gasteiger partial charge in [0.2, 0.25) is 5.91 Å². The second-order valence-electron chi connectivity index (χ2n) is 6.33. The second kappa shape index (κ2) is 7.91. The summed E-state index contributed by atoms with van der Waals surface area (Å²) in [5.41, 5.74) is 0.962. The number of para-hydroxylation sites is 1. The number of nitrogens with zero attached hydrogens (tertiary/aromatic N) is 1. The highest BCUT2D eigenvalue weighted by atomic mass is 16.5. The summed E-state index contributed by atoms with van der Waals surface area (Å²) in [5.74, 6) is -0.272. The first-order chi connectivity index (χ1) is 12.6. The Labute approximate surface area is 152 Å². The SMILES string of the molecule is COc1ccc(C(=O)N2CCCC(C(=O)Nc3ccccc3)C2)c(O)c1. The third kappa shape index (κ3) is 3.96. The van der Waals surface area contributed by atoms with Crippen LogP contribution in [0.5, 0.6) is 11.5 Å². The number of ether oxygens (including phenoxy) is 1. The summed E-state index contributed by atoms with van der Waals surface area (Å²) < 4.78 is 5.04. The molecule has 2 amide bonds. The number of piperidine rings is 1. The molecular weight excluding hydrogens is 332 g/mol. The largest absolute Gasteiger partial charge is 0.507 e. The van der Waals surface area contributed by atoms with E-state index in [-0.39, 0.29) is 29.0 Å². The second-order valence-corrected chi connectivity index (χ2v) is 6.33. The van der Waals surface area contributed by atoms with Crippen LogP contribution in [0.2, 0.25) is 0 Å². The lowest BCUT2D eigenvalue weighted by Gasteiger charge is -2.32. The average Bonchev–Trinajstić information content (AvgIpc) is 2.68. The fraction of sp³-hybridized carbons (Fsp3) is 0.300. The quantitative estimate of drug-likeness (QED) is 0.885. The number of amides is 2. The molecule has 3 rings (SSSR count). The molecule has 0 aliphatic carbocycles. The van der Waals surface area contributed by atoms with Gasteiger partial charge in [-0.25, -0.2) is 0 Å². The Hall–Kier alpha value is -3.02. The van der Waals surface area contributed by atoms with Crippen LogP contribution in [-0.2, 0) is 4.79 Å². The minimum atomic E-state index is -0.276. The van der Waals surface area contributed by atoms with E-state index in [1.54, 1.807) is 17.0 Å². The minimum Gasteiger partial charge on any atom is -0.507 e. The van der Waals surface area contributed by atoms with Crippen LogP contribution in [0.4, 0.5) is 5.69 Å². The number of phenols is 1. The number of likely N-dealkylation sites (tertiary alicyclic amines) is 1. The highest BCUT2D eigenvalue weighted by Crippen LogP contribution is 2.27. The standard InChI is InChI=1S/C20H22N2O4/c1-26-16-9-10-17(18(23)12-16)20(25)22-11-5-6-14(13-22)19(24)21-15-7-3-2-4-8-15/h2-4,7-10,12,14,23H,5-6,11,13H2,1H3,(H,21,24). The van der Waals surface area contributed by atoms with E-state index in [9.17, 15) is 14.7 Å². The van der Waals surface area contributed by atoms with E-state index < -0.39 is 0 Å². The van der Waals surface area contributed by atoms with Crippen molar-refractivity contribution in [2.75, 3.05) is 25.5 Å². The van der Waals surface area contributed by atoms with Crippen molar-refractivity contribution in [3.05, 3.63) is 54.1 Å². The Morgan fingerprint density at radius 3 is 2.65 bits per heavy atom. The van der Waals surface area contributed by atoms with Gasteiger partial charge in [0.25, 0.3) is 5.91 Å². The van der Waals surface area contributed by atoms with Crippen molar-refractivity contribution >= 4 is 17.5 Å². The summed E-state index contributed by atoms with van der Waals surface area (Å²) in [7, 11) is 1.50. The van der Waals surface area contributed by atoms with Gasteiger partial charge in [0.1, 0.15) is 11.5 Å². The molecule has 2 aromatic carbocycles. The lowest BCUT2D eigenvalue weighted by Crippen LogP contribution is -2.43. The molecular formula is C20H22N2O4. The number of phenolic OH excluding ortho intramolecular Hbond substituents is 1. The number of hydrogen-bond acceptors (Lipinski definition) is 4. The monoisotopic (exact) mass is 354 g/mol. The normalized spacial score (nSPS) is 16.8. The Morgan fingerprint density at radius 1 is 1.19 bits per heavy atom. The van der Waals surface area contributed by atoms with Crippen LogP contribution in [-0.4, -0.2) is 42.0 Å². The molecule has 0 spiro atoms. The summed E-state index contributed by atoms with van der Waals surface area (Å²) in [6.45, 7) is 0.905. The molecule has 0 saturated carbocycles. The number of anilines is 1. The summed E-state index contributed by atoms with van der Waals surface area (Å²) in [4.78, 5) is 26.9. The molecule has 1 aliphatic heterocycles. The third-order valence-electron chi connectivity index (χ3n) is 4.56. The molecule has 1 aliphatic rings. The van der Waals surface area contributed by atoms with Crippen LogP contribution in [0, 0.1) is 5.92 Å². The number of aromatic hydroxyl groups is 1. The highest BCUT2D eigenvalue weighted by Gasteiger charge is 2.30. The van der Waals surface area contributed by atoms with Crippen molar-refractivity contribution in [3.63, 3.8) is 0 Å². The zero-order chi connectivity index (χ0) is 18.5. The van der Waals surface area contributed by atoms with E-state index in [0.717, 1.165) is 18.5 Å². The molecule has 6 heteroatoms. The summed E-state index contributed by atoms with van der Waals surface area (Å²) in [5, 5.41) is 13.0. The first-order valence-corrected chi connectivity index (χ1v) is 8.60. The fourth-order valence-electron chi connectivity index (χ4n) is 3.13. The van der Waals surface area contributed by atoms with Gasteiger partial charge in [-0.15, -0.1) is 0 Å². The fourth-order valence-corrected chi connectivity index (χ4v) is 3.13. The van der Waals surface area contributed by atoms with Crippen LogP contribution in [0.15, 0.2) is 48.5 Å². The van der Waals surface area contributed by atoms with Gasteiger partial charge < -0.3 is 20.1 Å². The average molecular weight is 354 g/mol. The van der Waals surface area contributed by atoms with E-state index in [0.29, 0.717) is 18.8 Å². The topological polar surface area (TPSA) is 78.9 Å². The van der Waals surface area contributed by atoms with Crippen LogP contribution in [0.1, 0.15) is 23.2 Å². The van der Waals surface area contributed by atoms with E-state index in [1.807, 2.05) is 30.3 Å². The van der Waals surface area contributed by atoms with Gasteiger partial charge in [-0.3, -0.25) is 9.59 Å². The number of benzene rings is 2. The van der Waals surface area contributed by atoms with Crippen LogP contribution in [0.3, 0.4) is 0 Å². The van der Waals surface area contributed by atoms with Gasteiger partial charge in [0, 0.05) is 24.8 Å². The Morgan fingerprint density at radius 2 is 1.96 bits per heavy atom. The maximum absolute atomic E-state index is 12.7. The number of hydrogen-bond donors (Lipinski definition) is 2. The van der Waals surface area contributed by atoms with Crippen molar-refractivity contribution in [2.24, 2.45) is 5.92 Å². The molecule has 2 aromatic rings. The Kier molecular flexibility index (Phi) is 5.41. The van der Waals surface area contributed by atoms with E-state index in [1.165, 1.54) is 13.2 Å². The molecule has 1 atom stereocenters. The number of nitrogens with one attached hydrogen (secondary N) is 1. The minimum absolute atomic E-state index is 0.0901. The van der Waals surface area contributed by atoms with Gasteiger partial charge in [0.05, 0.1) is 18.6 Å². The molecule has 6 nitrogen and oxygen atoms in total. The third-order valence-corrected chi connectivity index (χ3v) is 4.56. The molecule has 1 fully saturated rings. The van der Waals surface area contributed by atoms with Gasteiger partial charge >= 0.3 is 0 Å². The van der Waals surface area contributed by atoms with Gasteiger partial charge in [-0.05, 0) is 37.1 Å². The van der Waals surface area contributed by atoms with Crippen molar-refractivity contribution in [2.45, 2.75) is 12.8 Å². The summed E-state index contributed by atoms with van der Waals surface area (Å²) in [6, 6.07) is 13.9. The molecule has 0 aromatic heterocycles. The molecule has 136 valence electrons. The van der Waals surface area contributed by atoms with Crippen molar-refractivity contribution in [1.29, 1.82) is 0 Å². The maximum atomic E-state index is 12.7. The van der Waals surface area contributed by atoms with Gasteiger partial charge in [0.15, 0.2) is 0 Å². The van der Waals surface area contributed by atoms with E-state index in [4.69, 9.17) is 4.74 Å². The first kappa shape index (κ1) is 17.8. The van der Waals surface area contributed by atoms with Crippen LogP contribution < -0.4 is 10.1 Å².